The molecule has 3 rings (SSSR count). The topological polar surface area (TPSA) is 98.1 Å². The lowest BCUT2D eigenvalue weighted by atomic mass is 10.2. The summed E-state index contributed by atoms with van der Waals surface area (Å²) < 4.78 is 5.20. The van der Waals surface area contributed by atoms with Crippen molar-refractivity contribution in [1.29, 1.82) is 0 Å². The summed E-state index contributed by atoms with van der Waals surface area (Å²) >= 11 is 1.46. The van der Waals surface area contributed by atoms with Crippen molar-refractivity contribution in [2.24, 2.45) is 5.73 Å². The smallest absolute Gasteiger partial charge is 0.277 e. The monoisotopic (exact) mass is 288 g/mol. The molecular weight excluding hydrogens is 276 g/mol. The van der Waals surface area contributed by atoms with E-state index in [9.17, 15) is 5.11 Å². The molecule has 2 aromatic heterocycles. The van der Waals surface area contributed by atoms with Gasteiger partial charge in [-0.2, -0.15) is 4.98 Å². The van der Waals surface area contributed by atoms with E-state index in [4.69, 9.17) is 10.3 Å². The highest BCUT2D eigenvalue weighted by atomic mass is 32.1. The molecule has 1 unspecified atom stereocenters. The number of aromatic nitrogens is 3. The van der Waals surface area contributed by atoms with Crippen LogP contribution in [0.1, 0.15) is 18.0 Å². The van der Waals surface area contributed by atoms with Crippen LogP contribution in [0, 0.1) is 0 Å². The Morgan fingerprint density at radius 3 is 2.90 bits per heavy atom. The van der Waals surface area contributed by atoms with Gasteiger partial charge in [-0.1, -0.05) is 17.3 Å². The molecule has 3 N–H and O–H groups in total. The fourth-order valence-electron chi connectivity index (χ4n) is 1.68. The van der Waals surface area contributed by atoms with Crippen LogP contribution in [0.15, 0.2) is 34.2 Å². The van der Waals surface area contributed by atoms with E-state index in [-0.39, 0.29) is 11.8 Å². The number of rotatable bonds is 3. The first-order valence-electron chi connectivity index (χ1n) is 5.98. The Kier molecular flexibility index (Phi) is 3.21. The number of thiazole rings is 1. The largest absolute Gasteiger partial charge is 0.508 e. The average molecular weight is 288 g/mol. The highest BCUT2D eigenvalue weighted by Gasteiger charge is 2.15. The fourth-order valence-corrected chi connectivity index (χ4v) is 2.44. The van der Waals surface area contributed by atoms with Gasteiger partial charge < -0.3 is 15.4 Å². The van der Waals surface area contributed by atoms with Crippen molar-refractivity contribution in [2.45, 2.75) is 13.0 Å². The van der Waals surface area contributed by atoms with Crippen LogP contribution in [0.25, 0.3) is 23.0 Å². The lowest BCUT2D eigenvalue weighted by Crippen LogP contribution is -2.03. The normalized spacial score (nSPS) is 12.5. The summed E-state index contributed by atoms with van der Waals surface area (Å²) in [6.45, 7) is 1.87. The molecule has 0 fully saturated rings. The van der Waals surface area contributed by atoms with Gasteiger partial charge in [0.15, 0.2) is 0 Å². The summed E-state index contributed by atoms with van der Waals surface area (Å²) in [4.78, 5) is 8.63. The van der Waals surface area contributed by atoms with E-state index in [2.05, 4.69) is 15.1 Å². The molecule has 7 heteroatoms. The minimum atomic E-state index is -0.123. The number of nitrogens with two attached hydrogens (primary N) is 1. The Morgan fingerprint density at radius 1 is 1.35 bits per heavy atom. The van der Waals surface area contributed by atoms with Crippen LogP contribution in [-0.2, 0) is 0 Å². The van der Waals surface area contributed by atoms with Crippen molar-refractivity contribution >= 4 is 11.3 Å². The van der Waals surface area contributed by atoms with E-state index < -0.39 is 0 Å². The van der Waals surface area contributed by atoms with Crippen LogP contribution < -0.4 is 5.73 Å². The number of phenols is 1. The lowest BCUT2D eigenvalue weighted by Gasteiger charge is -1.95. The highest BCUT2D eigenvalue weighted by molar-refractivity contribution is 7.10. The maximum atomic E-state index is 9.45. The Hall–Kier alpha value is -2.25. The van der Waals surface area contributed by atoms with Gasteiger partial charge in [0.2, 0.25) is 5.82 Å². The van der Waals surface area contributed by atoms with Gasteiger partial charge in [-0.15, -0.1) is 11.3 Å². The molecular formula is C13H12N4O2S. The van der Waals surface area contributed by atoms with Crippen LogP contribution >= 0.6 is 11.3 Å². The number of benzene rings is 1. The first-order chi connectivity index (χ1) is 9.63. The third-order valence-corrected chi connectivity index (χ3v) is 3.71. The molecule has 3 aromatic rings. The molecule has 0 aliphatic rings. The summed E-state index contributed by atoms with van der Waals surface area (Å²) in [7, 11) is 0. The van der Waals surface area contributed by atoms with Crippen molar-refractivity contribution in [3.63, 3.8) is 0 Å². The first-order valence-corrected chi connectivity index (χ1v) is 6.86. The highest BCUT2D eigenvalue weighted by Crippen LogP contribution is 2.26. The molecule has 1 aromatic carbocycles. The van der Waals surface area contributed by atoms with Gasteiger partial charge in [0.05, 0.1) is 6.04 Å². The molecule has 0 spiro atoms. The molecule has 1 atom stereocenters. The third kappa shape index (κ3) is 2.40. The van der Waals surface area contributed by atoms with Gasteiger partial charge in [0, 0.05) is 10.9 Å². The maximum absolute atomic E-state index is 9.45. The van der Waals surface area contributed by atoms with E-state index in [0.29, 0.717) is 23.0 Å². The Morgan fingerprint density at radius 2 is 2.20 bits per heavy atom. The van der Waals surface area contributed by atoms with Gasteiger partial charge in [0.25, 0.3) is 5.89 Å². The zero-order valence-corrected chi connectivity index (χ0v) is 11.5. The molecule has 0 aliphatic heterocycles. The van der Waals surface area contributed by atoms with E-state index in [1.165, 1.54) is 11.3 Å². The summed E-state index contributed by atoms with van der Waals surface area (Å²) in [5.41, 5.74) is 7.07. The maximum Gasteiger partial charge on any atom is 0.277 e. The van der Waals surface area contributed by atoms with Crippen molar-refractivity contribution < 1.29 is 9.63 Å². The van der Waals surface area contributed by atoms with Crippen molar-refractivity contribution in [1.82, 2.24) is 15.1 Å². The van der Waals surface area contributed by atoms with Crippen LogP contribution in [0.3, 0.4) is 0 Å². The predicted molar refractivity (Wildman–Crippen MR) is 75.1 cm³/mol. The first kappa shape index (κ1) is 12.8. The summed E-state index contributed by atoms with van der Waals surface area (Å²) in [6.07, 6.45) is 0. The lowest BCUT2D eigenvalue weighted by molar-refractivity contribution is 0.431. The molecule has 0 bridgehead atoms. The molecule has 0 saturated heterocycles. The number of hydrogen-bond donors (Lipinski definition) is 2. The quantitative estimate of drug-likeness (QED) is 0.768. The second-order valence-corrected chi connectivity index (χ2v) is 5.22. The fraction of sp³-hybridized carbons (Fsp3) is 0.154. The van der Waals surface area contributed by atoms with Gasteiger partial charge in [-0.3, -0.25) is 0 Å². The van der Waals surface area contributed by atoms with E-state index in [0.717, 1.165) is 5.01 Å². The average Bonchev–Trinajstić information content (AvgIpc) is 3.08. The Labute approximate surface area is 118 Å². The van der Waals surface area contributed by atoms with Gasteiger partial charge in [-0.25, -0.2) is 4.98 Å². The molecule has 0 aliphatic carbocycles. The molecule has 20 heavy (non-hydrogen) atoms. The zero-order chi connectivity index (χ0) is 14.1. The van der Waals surface area contributed by atoms with Crippen LogP contribution in [-0.4, -0.2) is 20.2 Å². The molecule has 0 saturated carbocycles. The van der Waals surface area contributed by atoms with Gasteiger partial charge >= 0.3 is 0 Å². The molecule has 0 amide bonds. The van der Waals surface area contributed by atoms with Gasteiger partial charge in [0.1, 0.15) is 16.5 Å². The Balaban J connectivity index is 1.93. The summed E-state index contributed by atoms with van der Waals surface area (Å²) in [5, 5.41) is 16.0. The van der Waals surface area contributed by atoms with Crippen molar-refractivity contribution in [3.05, 3.63) is 34.7 Å². The van der Waals surface area contributed by atoms with Crippen LogP contribution in [0.2, 0.25) is 0 Å². The van der Waals surface area contributed by atoms with Gasteiger partial charge in [-0.05, 0) is 19.1 Å². The third-order valence-electron chi connectivity index (χ3n) is 2.66. The van der Waals surface area contributed by atoms with E-state index >= 15 is 0 Å². The van der Waals surface area contributed by atoms with Crippen LogP contribution in [0.4, 0.5) is 0 Å². The predicted octanol–water partition coefficient (Wildman–Crippen LogP) is 2.59. The van der Waals surface area contributed by atoms with E-state index in [1.54, 1.807) is 24.3 Å². The SMILES string of the molecule is CC(N)c1nc(-c2nc(-c3cccc(O)c3)no2)cs1. The molecule has 0 radical (unpaired) electrons. The van der Waals surface area contributed by atoms with E-state index in [1.807, 2.05) is 12.3 Å². The van der Waals surface area contributed by atoms with Crippen LogP contribution in [0.5, 0.6) is 5.75 Å². The number of nitrogens with zero attached hydrogens (tertiary/aromatic N) is 3. The van der Waals surface area contributed by atoms with Crippen molar-refractivity contribution in [3.8, 4) is 28.7 Å². The number of aromatic hydroxyl groups is 1. The summed E-state index contributed by atoms with van der Waals surface area (Å²) in [5.74, 6) is 0.902. The minimum Gasteiger partial charge on any atom is -0.508 e. The zero-order valence-electron chi connectivity index (χ0n) is 10.6. The second kappa shape index (κ2) is 5.03. The molecule has 6 nitrogen and oxygen atoms in total. The molecule has 2 heterocycles. The number of phenolic OH excluding ortho intramolecular Hbond substituents is 1. The second-order valence-electron chi connectivity index (χ2n) is 4.33. The standard InChI is InChI=1S/C13H12N4O2S/c1-7(14)13-15-10(6-20-13)12-16-11(17-19-12)8-3-2-4-9(18)5-8/h2-7,18H,14H2,1H3. The number of hydrogen-bond acceptors (Lipinski definition) is 7. The minimum absolute atomic E-state index is 0.123. The Bertz CT molecular complexity index is 735. The molecule has 102 valence electrons. The van der Waals surface area contributed by atoms with Crippen molar-refractivity contribution in [2.75, 3.05) is 0 Å². The summed E-state index contributed by atoms with van der Waals surface area (Å²) in [6, 6.07) is 6.55.